The van der Waals surface area contributed by atoms with E-state index in [0.717, 1.165) is 0 Å². The maximum atomic E-state index is 12.3. The zero-order valence-corrected chi connectivity index (χ0v) is 15.5. The summed E-state index contributed by atoms with van der Waals surface area (Å²) in [7, 11) is -6.63. The van der Waals surface area contributed by atoms with E-state index in [9.17, 15) is 16.8 Å². The fourth-order valence-electron chi connectivity index (χ4n) is 2.64. The minimum absolute atomic E-state index is 0.0835. The van der Waals surface area contributed by atoms with Crippen LogP contribution in [0.3, 0.4) is 0 Å². The van der Waals surface area contributed by atoms with Crippen LogP contribution in [0.4, 0.5) is 0 Å². The molecule has 9 heteroatoms. The molecule has 2 rings (SSSR count). The van der Waals surface area contributed by atoms with E-state index in [1.54, 1.807) is 19.1 Å². The van der Waals surface area contributed by atoms with Crippen LogP contribution in [-0.4, -0.2) is 47.0 Å². The summed E-state index contributed by atoms with van der Waals surface area (Å²) < 4.78 is 50.1. The first-order valence-corrected chi connectivity index (χ1v) is 10.9. The second-order valence-corrected chi connectivity index (χ2v) is 10.5. The van der Waals surface area contributed by atoms with E-state index in [4.69, 9.17) is 11.6 Å². The van der Waals surface area contributed by atoms with Gasteiger partial charge in [-0.25, -0.2) is 21.6 Å². The number of sulfone groups is 1. The maximum Gasteiger partial charge on any atom is 0.240 e. The standard InChI is InChI=1S/C14H21ClN2O4S2/c1-11-3-4-12(15)9-13(11)23(20,21)17-7-6-16-14(2)5-8-22(18,19)10-14/h3-4,9,16-17H,5-8,10H2,1-2H3/t14-/m0/s1. The largest absolute Gasteiger partial charge is 0.309 e. The number of rotatable bonds is 6. The van der Waals surface area contributed by atoms with Crippen molar-refractivity contribution < 1.29 is 16.8 Å². The van der Waals surface area contributed by atoms with Gasteiger partial charge in [0.1, 0.15) is 0 Å². The highest BCUT2D eigenvalue weighted by atomic mass is 35.5. The smallest absolute Gasteiger partial charge is 0.240 e. The average molecular weight is 381 g/mol. The first kappa shape index (κ1) is 18.7. The third-order valence-corrected chi connectivity index (χ3v) is 7.65. The Morgan fingerprint density at radius 1 is 1.30 bits per heavy atom. The van der Waals surface area contributed by atoms with E-state index in [1.807, 2.05) is 6.92 Å². The van der Waals surface area contributed by atoms with Crippen LogP contribution in [0.1, 0.15) is 18.9 Å². The monoisotopic (exact) mass is 380 g/mol. The van der Waals surface area contributed by atoms with Crippen LogP contribution in [0.2, 0.25) is 5.02 Å². The Morgan fingerprint density at radius 3 is 2.61 bits per heavy atom. The molecule has 1 aliphatic heterocycles. The van der Waals surface area contributed by atoms with E-state index in [0.29, 0.717) is 23.6 Å². The molecule has 0 unspecified atom stereocenters. The quantitative estimate of drug-likeness (QED) is 0.721. The fraction of sp³-hybridized carbons (Fsp3) is 0.571. The van der Waals surface area contributed by atoms with E-state index >= 15 is 0 Å². The average Bonchev–Trinajstić information content (AvgIpc) is 2.72. The molecule has 1 aromatic carbocycles. The summed E-state index contributed by atoms with van der Waals surface area (Å²) in [6.45, 7) is 4.07. The summed E-state index contributed by atoms with van der Waals surface area (Å²) in [4.78, 5) is 0.152. The van der Waals surface area contributed by atoms with E-state index < -0.39 is 25.4 Å². The van der Waals surface area contributed by atoms with Crippen LogP contribution >= 0.6 is 11.6 Å². The fourth-order valence-corrected chi connectivity index (χ4v) is 6.30. The van der Waals surface area contributed by atoms with Crippen LogP contribution in [0.15, 0.2) is 23.1 Å². The molecule has 0 saturated carbocycles. The Labute approximate surface area is 142 Å². The van der Waals surface area contributed by atoms with Crippen molar-refractivity contribution in [1.29, 1.82) is 0 Å². The molecular formula is C14H21ClN2O4S2. The first-order valence-electron chi connectivity index (χ1n) is 7.24. The second kappa shape index (κ2) is 6.68. The molecule has 130 valence electrons. The highest BCUT2D eigenvalue weighted by Crippen LogP contribution is 2.22. The highest BCUT2D eigenvalue weighted by Gasteiger charge is 2.37. The zero-order chi connectivity index (χ0) is 17.3. The summed E-state index contributed by atoms with van der Waals surface area (Å²) in [5, 5.41) is 3.49. The van der Waals surface area contributed by atoms with Crippen molar-refractivity contribution in [1.82, 2.24) is 10.0 Å². The normalized spacial score (nSPS) is 24.0. The van der Waals surface area contributed by atoms with Gasteiger partial charge in [0, 0.05) is 23.7 Å². The second-order valence-electron chi connectivity index (χ2n) is 6.14. The maximum absolute atomic E-state index is 12.3. The van der Waals surface area contributed by atoms with Crippen LogP contribution in [-0.2, 0) is 19.9 Å². The predicted molar refractivity (Wildman–Crippen MR) is 91.1 cm³/mol. The Kier molecular flexibility index (Phi) is 5.42. The minimum atomic E-state index is -3.64. The van der Waals surface area contributed by atoms with Crippen molar-refractivity contribution in [3.05, 3.63) is 28.8 Å². The van der Waals surface area contributed by atoms with E-state index in [-0.39, 0.29) is 22.9 Å². The molecule has 1 aromatic rings. The van der Waals surface area contributed by atoms with Gasteiger partial charge >= 0.3 is 0 Å². The number of benzene rings is 1. The molecule has 1 atom stereocenters. The molecule has 6 nitrogen and oxygen atoms in total. The highest BCUT2D eigenvalue weighted by molar-refractivity contribution is 7.91. The summed E-state index contributed by atoms with van der Waals surface area (Å²) in [5.41, 5.74) is 0.125. The molecule has 2 N–H and O–H groups in total. The molecule has 1 saturated heterocycles. The molecule has 0 spiro atoms. The molecular weight excluding hydrogens is 360 g/mol. The van der Waals surface area contributed by atoms with Gasteiger partial charge in [0.2, 0.25) is 10.0 Å². The van der Waals surface area contributed by atoms with Gasteiger partial charge in [-0.15, -0.1) is 0 Å². The molecule has 23 heavy (non-hydrogen) atoms. The summed E-state index contributed by atoms with van der Waals surface area (Å²) >= 11 is 5.85. The Hall–Kier alpha value is -0.670. The van der Waals surface area contributed by atoms with Crippen LogP contribution in [0, 0.1) is 6.92 Å². The lowest BCUT2D eigenvalue weighted by atomic mass is 10.0. The van der Waals surface area contributed by atoms with Gasteiger partial charge in [0.15, 0.2) is 9.84 Å². The van der Waals surface area contributed by atoms with Gasteiger partial charge in [0.05, 0.1) is 16.4 Å². The number of hydrogen-bond donors (Lipinski definition) is 2. The van der Waals surface area contributed by atoms with Crippen LogP contribution in [0.25, 0.3) is 0 Å². The lowest BCUT2D eigenvalue weighted by Crippen LogP contribution is -2.46. The summed E-state index contributed by atoms with van der Waals surface area (Å²) in [6, 6.07) is 4.70. The van der Waals surface area contributed by atoms with Crippen LogP contribution < -0.4 is 10.0 Å². The number of nitrogens with one attached hydrogen (secondary N) is 2. The topological polar surface area (TPSA) is 92.3 Å². The van der Waals surface area contributed by atoms with Gasteiger partial charge in [-0.2, -0.15) is 0 Å². The Balaban J connectivity index is 1.92. The molecule has 0 amide bonds. The van der Waals surface area contributed by atoms with Crippen molar-refractivity contribution in [3.8, 4) is 0 Å². The van der Waals surface area contributed by atoms with Crippen molar-refractivity contribution in [2.45, 2.75) is 30.7 Å². The molecule has 1 aliphatic rings. The molecule has 0 aliphatic carbocycles. The summed E-state index contributed by atoms with van der Waals surface area (Å²) in [6.07, 6.45) is 0.537. The molecule has 0 aromatic heterocycles. The number of aryl methyl sites for hydroxylation is 1. The van der Waals surface area contributed by atoms with Gasteiger partial charge < -0.3 is 5.32 Å². The molecule has 1 fully saturated rings. The molecule has 0 bridgehead atoms. The lowest BCUT2D eigenvalue weighted by molar-refractivity contribution is 0.400. The van der Waals surface area contributed by atoms with Gasteiger partial charge in [-0.1, -0.05) is 17.7 Å². The van der Waals surface area contributed by atoms with E-state index in [1.165, 1.54) is 6.07 Å². The van der Waals surface area contributed by atoms with Crippen molar-refractivity contribution in [2.75, 3.05) is 24.6 Å². The molecule has 1 heterocycles. The Bertz CT molecular complexity index is 793. The van der Waals surface area contributed by atoms with Gasteiger partial charge in [-0.3, -0.25) is 0 Å². The number of halogens is 1. The SMILES string of the molecule is Cc1ccc(Cl)cc1S(=O)(=O)NCCN[C@@]1(C)CCS(=O)(=O)C1. The number of hydrogen-bond acceptors (Lipinski definition) is 5. The van der Waals surface area contributed by atoms with Crippen molar-refractivity contribution >= 4 is 31.5 Å². The zero-order valence-electron chi connectivity index (χ0n) is 13.1. The lowest BCUT2D eigenvalue weighted by Gasteiger charge is -2.24. The van der Waals surface area contributed by atoms with Crippen LogP contribution in [0.5, 0.6) is 0 Å². The first-order chi connectivity index (χ1) is 10.5. The minimum Gasteiger partial charge on any atom is -0.309 e. The van der Waals surface area contributed by atoms with E-state index in [2.05, 4.69) is 10.0 Å². The number of sulfonamides is 1. The third kappa shape index (κ3) is 4.90. The van der Waals surface area contributed by atoms with Crippen molar-refractivity contribution in [3.63, 3.8) is 0 Å². The van der Waals surface area contributed by atoms with Crippen molar-refractivity contribution in [2.24, 2.45) is 0 Å². The Morgan fingerprint density at radius 2 is 2.00 bits per heavy atom. The summed E-state index contributed by atoms with van der Waals surface area (Å²) in [5.74, 6) is 0.254. The third-order valence-electron chi connectivity index (χ3n) is 3.91. The van der Waals surface area contributed by atoms with Gasteiger partial charge in [-0.05, 0) is 38.0 Å². The predicted octanol–water partition coefficient (Wildman–Crippen LogP) is 1.09. The molecule has 0 radical (unpaired) electrons. The van der Waals surface area contributed by atoms with Gasteiger partial charge in [0.25, 0.3) is 0 Å².